The van der Waals surface area contributed by atoms with E-state index in [1.54, 1.807) is 60.9 Å². The summed E-state index contributed by atoms with van der Waals surface area (Å²) >= 11 is 12.0. The van der Waals surface area contributed by atoms with E-state index < -0.39 is 18.1 Å². The first-order chi connectivity index (χ1) is 17.0. The molecule has 182 valence electrons. The van der Waals surface area contributed by atoms with Gasteiger partial charge in [-0.3, -0.25) is 15.1 Å². The Hall–Kier alpha value is -3.29. The number of hydrogen-bond acceptors (Lipinski definition) is 5. The highest BCUT2D eigenvalue weighted by molar-refractivity contribution is 6.31. The fourth-order valence-electron chi connectivity index (χ4n) is 4.02. The molecule has 0 radical (unpaired) electrons. The van der Waals surface area contributed by atoms with E-state index in [1.807, 2.05) is 12.1 Å². The second-order valence-electron chi connectivity index (χ2n) is 8.35. The van der Waals surface area contributed by atoms with Crippen molar-refractivity contribution in [2.24, 2.45) is 5.92 Å². The van der Waals surface area contributed by atoms with E-state index in [2.05, 4.69) is 20.5 Å². The van der Waals surface area contributed by atoms with Gasteiger partial charge in [-0.15, -0.1) is 0 Å². The summed E-state index contributed by atoms with van der Waals surface area (Å²) in [6.07, 6.45) is 3.59. The normalized spacial score (nSPS) is 14.7. The van der Waals surface area contributed by atoms with Gasteiger partial charge < -0.3 is 15.0 Å². The third-order valence-corrected chi connectivity index (χ3v) is 6.40. The summed E-state index contributed by atoms with van der Waals surface area (Å²) in [5.41, 5.74) is 2.16. The average molecular weight is 513 g/mol. The molecule has 1 fully saturated rings. The predicted molar refractivity (Wildman–Crippen MR) is 138 cm³/mol. The van der Waals surface area contributed by atoms with Gasteiger partial charge in [-0.25, -0.2) is 4.79 Å². The van der Waals surface area contributed by atoms with Crippen LogP contribution in [-0.4, -0.2) is 36.6 Å². The maximum Gasteiger partial charge on any atom is 0.412 e. The molecule has 35 heavy (non-hydrogen) atoms. The number of rotatable bonds is 7. The summed E-state index contributed by atoms with van der Waals surface area (Å²) in [6.45, 7) is 2.31. The number of benzene rings is 2. The highest BCUT2D eigenvalue weighted by atomic mass is 35.5. The smallest absolute Gasteiger partial charge is 0.412 e. The molecular weight excluding hydrogens is 487 g/mol. The topological polar surface area (TPSA) is 83.6 Å². The Kier molecular flexibility index (Phi) is 8.45. The number of carbonyl (C=O) groups is 2. The molecule has 3 aromatic rings. The summed E-state index contributed by atoms with van der Waals surface area (Å²) in [6, 6.07) is 17.3. The van der Waals surface area contributed by atoms with Gasteiger partial charge >= 0.3 is 6.09 Å². The number of hydrogen-bond donors (Lipinski definition) is 2. The van der Waals surface area contributed by atoms with Gasteiger partial charge in [-0.05, 0) is 67.3 Å². The molecule has 0 spiro atoms. The average Bonchev–Trinajstić information content (AvgIpc) is 2.88. The summed E-state index contributed by atoms with van der Waals surface area (Å²) in [5, 5.41) is 6.59. The molecule has 4 rings (SSSR count). The minimum Gasteiger partial charge on any atom is -0.431 e. The number of piperidine rings is 1. The van der Waals surface area contributed by atoms with E-state index in [9.17, 15) is 9.59 Å². The highest BCUT2D eigenvalue weighted by Crippen LogP contribution is 2.25. The Labute approximate surface area is 214 Å². The lowest BCUT2D eigenvalue weighted by atomic mass is 9.96. The number of nitrogens with one attached hydrogen (secondary N) is 2. The number of ether oxygens (including phenoxy) is 1. The zero-order chi connectivity index (χ0) is 24.6. The Balaban J connectivity index is 1.35. The van der Waals surface area contributed by atoms with Gasteiger partial charge in [0, 0.05) is 59.0 Å². The van der Waals surface area contributed by atoms with Gasteiger partial charge in [0.2, 0.25) is 6.10 Å². The summed E-state index contributed by atoms with van der Waals surface area (Å²) in [5.74, 6) is -0.0602. The molecule has 0 unspecified atom stereocenters. The van der Waals surface area contributed by atoms with Crippen molar-refractivity contribution < 1.29 is 14.3 Å². The standard InChI is InChI=1S/C26H26Cl2N4O3/c27-20-4-6-22(7-5-20)31-26(34)35-24(19-2-1-3-21(28)16-19)25(33)30-17-18-10-14-32(15-11-18)23-8-12-29-13-9-23/h1-9,12-13,16,18,24H,10-11,14-15,17H2,(H,30,33)(H,31,34)/t24-/m1/s1. The van der Waals surface area contributed by atoms with Gasteiger partial charge in [-0.1, -0.05) is 35.3 Å². The van der Waals surface area contributed by atoms with Crippen LogP contribution in [0.5, 0.6) is 0 Å². The second kappa shape index (κ2) is 11.9. The molecule has 2 heterocycles. The van der Waals surface area contributed by atoms with E-state index in [1.165, 1.54) is 0 Å². The molecule has 1 aliphatic rings. The lowest BCUT2D eigenvalue weighted by molar-refractivity contribution is -0.129. The fourth-order valence-corrected chi connectivity index (χ4v) is 4.34. The van der Waals surface area contributed by atoms with Crippen molar-refractivity contribution in [1.29, 1.82) is 0 Å². The van der Waals surface area contributed by atoms with Crippen LogP contribution in [0.1, 0.15) is 24.5 Å². The SMILES string of the molecule is O=C(Nc1ccc(Cl)cc1)O[C@@H](C(=O)NCC1CCN(c2ccncc2)CC1)c1cccc(Cl)c1. The molecule has 1 atom stereocenters. The van der Waals surface area contributed by atoms with Gasteiger partial charge in [0.15, 0.2) is 0 Å². The van der Waals surface area contributed by atoms with E-state index in [-0.39, 0.29) is 0 Å². The van der Waals surface area contributed by atoms with Crippen LogP contribution >= 0.6 is 23.2 Å². The highest BCUT2D eigenvalue weighted by Gasteiger charge is 2.27. The minimum absolute atomic E-state index is 0.333. The van der Waals surface area contributed by atoms with Gasteiger partial charge in [0.05, 0.1) is 0 Å². The molecule has 1 aliphatic heterocycles. The maximum absolute atomic E-state index is 13.1. The van der Waals surface area contributed by atoms with Crippen LogP contribution in [0, 0.1) is 5.92 Å². The fraction of sp³-hybridized carbons (Fsp3) is 0.269. The number of halogens is 2. The summed E-state index contributed by atoms with van der Waals surface area (Å²) in [4.78, 5) is 32.1. The van der Waals surface area contributed by atoms with Crippen molar-refractivity contribution in [1.82, 2.24) is 10.3 Å². The van der Waals surface area contributed by atoms with E-state index in [0.29, 0.717) is 33.8 Å². The maximum atomic E-state index is 13.1. The van der Waals surface area contributed by atoms with Crippen LogP contribution in [-0.2, 0) is 9.53 Å². The molecule has 1 saturated heterocycles. The Morgan fingerprint density at radius 2 is 1.71 bits per heavy atom. The van der Waals surface area contributed by atoms with Crippen LogP contribution in [0.2, 0.25) is 10.0 Å². The van der Waals surface area contributed by atoms with Gasteiger partial charge in [0.1, 0.15) is 0 Å². The zero-order valence-corrected chi connectivity index (χ0v) is 20.5. The minimum atomic E-state index is -1.14. The van der Waals surface area contributed by atoms with Gasteiger partial charge in [-0.2, -0.15) is 0 Å². The van der Waals surface area contributed by atoms with Crippen molar-refractivity contribution >= 4 is 46.6 Å². The van der Waals surface area contributed by atoms with Crippen molar-refractivity contribution in [3.8, 4) is 0 Å². The first-order valence-electron chi connectivity index (χ1n) is 11.4. The number of nitrogens with zero attached hydrogens (tertiary/aromatic N) is 2. The van der Waals surface area contributed by atoms with Crippen molar-refractivity contribution in [2.45, 2.75) is 18.9 Å². The molecule has 2 amide bonds. The first kappa shape index (κ1) is 24.8. The molecule has 2 aromatic carbocycles. The molecule has 7 nitrogen and oxygen atoms in total. The summed E-state index contributed by atoms with van der Waals surface area (Å²) < 4.78 is 5.53. The van der Waals surface area contributed by atoms with Crippen LogP contribution in [0.15, 0.2) is 73.1 Å². The lowest BCUT2D eigenvalue weighted by Gasteiger charge is -2.33. The number of carbonyl (C=O) groups excluding carboxylic acids is 2. The second-order valence-corrected chi connectivity index (χ2v) is 9.23. The number of aromatic nitrogens is 1. The molecular formula is C26H26Cl2N4O3. The molecule has 0 bridgehead atoms. The van der Waals surface area contributed by atoms with Gasteiger partial charge in [0.25, 0.3) is 5.91 Å². The van der Waals surface area contributed by atoms with Crippen molar-refractivity contribution in [2.75, 3.05) is 29.9 Å². The molecule has 2 N–H and O–H groups in total. The van der Waals surface area contributed by atoms with Crippen LogP contribution in [0.25, 0.3) is 0 Å². The molecule has 1 aromatic heterocycles. The Morgan fingerprint density at radius 1 is 1.00 bits per heavy atom. The molecule has 9 heteroatoms. The number of amides is 2. The lowest BCUT2D eigenvalue weighted by Crippen LogP contribution is -2.40. The molecule has 0 saturated carbocycles. The van der Waals surface area contributed by atoms with Crippen LogP contribution < -0.4 is 15.5 Å². The third-order valence-electron chi connectivity index (χ3n) is 5.91. The third kappa shape index (κ3) is 7.10. The van der Waals surface area contributed by atoms with Crippen LogP contribution in [0.3, 0.4) is 0 Å². The number of anilines is 2. The predicted octanol–water partition coefficient (Wildman–Crippen LogP) is 5.71. The number of pyridine rings is 1. The van der Waals surface area contributed by atoms with Crippen molar-refractivity contribution in [3.63, 3.8) is 0 Å². The van der Waals surface area contributed by atoms with E-state index in [4.69, 9.17) is 27.9 Å². The van der Waals surface area contributed by atoms with Crippen LogP contribution in [0.4, 0.5) is 16.2 Å². The van der Waals surface area contributed by atoms with E-state index >= 15 is 0 Å². The Bertz CT molecular complexity index is 1140. The monoisotopic (exact) mass is 512 g/mol. The van der Waals surface area contributed by atoms with Crippen molar-refractivity contribution in [3.05, 3.63) is 88.7 Å². The zero-order valence-electron chi connectivity index (χ0n) is 19.0. The first-order valence-corrected chi connectivity index (χ1v) is 12.1. The quantitative estimate of drug-likeness (QED) is 0.423. The summed E-state index contributed by atoms with van der Waals surface area (Å²) in [7, 11) is 0. The molecule has 0 aliphatic carbocycles. The largest absolute Gasteiger partial charge is 0.431 e. The van der Waals surface area contributed by atoms with E-state index in [0.717, 1.165) is 31.6 Å². The Morgan fingerprint density at radius 3 is 2.40 bits per heavy atom.